The van der Waals surface area contributed by atoms with Crippen LogP contribution in [-0.4, -0.2) is 40.8 Å². The lowest BCUT2D eigenvalue weighted by Gasteiger charge is -2.30. The summed E-state index contributed by atoms with van der Waals surface area (Å²) >= 11 is 0. The Kier molecular flexibility index (Phi) is 6.31. The maximum Gasteiger partial charge on any atom is 0.222 e. The summed E-state index contributed by atoms with van der Waals surface area (Å²) in [6, 6.07) is 20.6. The molecule has 1 unspecified atom stereocenters. The van der Waals surface area contributed by atoms with Crippen molar-refractivity contribution < 1.29 is 9.59 Å². The molecule has 160 valence electrons. The van der Waals surface area contributed by atoms with Crippen LogP contribution in [0.5, 0.6) is 0 Å². The van der Waals surface area contributed by atoms with Crippen LogP contribution >= 0.6 is 0 Å². The van der Waals surface area contributed by atoms with Crippen molar-refractivity contribution >= 4 is 22.6 Å². The van der Waals surface area contributed by atoms with Crippen LogP contribution in [0.3, 0.4) is 0 Å². The summed E-state index contributed by atoms with van der Waals surface area (Å²) < 4.78 is 0. The lowest BCUT2D eigenvalue weighted by atomic mass is 9.84. The Morgan fingerprint density at radius 1 is 1.10 bits per heavy atom. The van der Waals surface area contributed by atoms with E-state index < -0.39 is 0 Å². The van der Waals surface area contributed by atoms with E-state index in [0.29, 0.717) is 25.8 Å². The Hall–Kier alpha value is -3.21. The van der Waals surface area contributed by atoms with E-state index in [2.05, 4.69) is 40.6 Å². The molecule has 1 aromatic heterocycles. The van der Waals surface area contributed by atoms with Gasteiger partial charge in [0, 0.05) is 50.3 Å². The summed E-state index contributed by atoms with van der Waals surface area (Å²) in [7, 11) is 1.84. The molecule has 3 aromatic rings. The van der Waals surface area contributed by atoms with E-state index >= 15 is 0 Å². The summed E-state index contributed by atoms with van der Waals surface area (Å²) in [5.74, 6) is 0.187. The van der Waals surface area contributed by atoms with E-state index in [4.69, 9.17) is 0 Å². The Morgan fingerprint density at radius 3 is 2.65 bits per heavy atom. The Morgan fingerprint density at radius 2 is 1.90 bits per heavy atom. The normalized spacial score (nSPS) is 18.2. The average molecular weight is 416 g/mol. The third kappa shape index (κ3) is 5.29. The molecular formula is C26H29N3O2. The first-order valence-corrected chi connectivity index (χ1v) is 11.0. The van der Waals surface area contributed by atoms with Gasteiger partial charge in [-0.1, -0.05) is 48.5 Å². The predicted octanol–water partition coefficient (Wildman–Crippen LogP) is 3.91. The van der Waals surface area contributed by atoms with Crippen molar-refractivity contribution in [3.63, 3.8) is 0 Å². The highest BCUT2D eigenvalue weighted by Gasteiger charge is 2.38. The molecule has 2 amide bonds. The van der Waals surface area contributed by atoms with Crippen LogP contribution in [0.2, 0.25) is 0 Å². The molecule has 4 rings (SSSR count). The fraction of sp³-hybridized carbons (Fsp3) is 0.346. The molecule has 1 aliphatic heterocycles. The van der Waals surface area contributed by atoms with Crippen LogP contribution in [0.25, 0.3) is 10.8 Å². The summed E-state index contributed by atoms with van der Waals surface area (Å²) in [5, 5.41) is 5.60. The van der Waals surface area contributed by atoms with Crippen molar-refractivity contribution in [3.05, 3.63) is 78.1 Å². The van der Waals surface area contributed by atoms with Crippen molar-refractivity contribution in [2.45, 2.75) is 44.1 Å². The number of hydrogen-bond acceptors (Lipinski definition) is 3. The van der Waals surface area contributed by atoms with Gasteiger partial charge in [0.1, 0.15) is 0 Å². The molecule has 2 heterocycles. The highest BCUT2D eigenvalue weighted by Crippen LogP contribution is 2.31. The number of hydrogen-bond donors (Lipinski definition) is 1. The minimum Gasteiger partial charge on any atom is -0.350 e. The zero-order valence-electron chi connectivity index (χ0n) is 18.0. The number of benzene rings is 2. The van der Waals surface area contributed by atoms with E-state index in [1.807, 2.05) is 37.4 Å². The minimum atomic E-state index is -0.350. The Balaban J connectivity index is 1.39. The highest BCUT2D eigenvalue weighted by molar-refractivity contribution is 5.83. The zero-order chi connectivity index (χ0) is 21.7. The molecule has 5 nitrogen and oxygen atoms in total. The molecule has 1 N–H and O–H groups in total. The number of amides is 2. The van der Waals surface area contributed by atoms with E-state index in [1.54, 1.807) is 11.1 Å². The lowest BCUT2D eigenvalue weighted by molar-refractivity contribution is -0.130. The molecule has 1 saturated heterocycles. The van der Waals surface area contributed by atoms with Gasteiger partial charge >= 0.3 is 0 Å². The summed E-state index contributed by atoms with van der Waals surface area (Å²) in [6.07, 6.45) is 5.62. The lowest BCUT2D eigenvalue weighted by Crippen LogP contribution is -2.44. The number of pyridine rings is 1. The number of nitrogens with zero attached hydrogens (tertiary/aromatic N) is 2. The number of carbonyl (C=O) groups excluding carboxylic acids is 2. The number of fused-ring (bicyclic) bond motifs is 1. The van der Waals surface area contributed by atoms with E-state index in [1.165, 1.54) is 16.3 Å². The molecule has 0 aliphatic carbocycles. The zero-order valence-corrected chi connectivity index (χ0v) is 18.0. The van der Waals surface area contributed by atoms with Crippen molar-refractivity contribution in [2.75, 3.05) is 13.6 Å². The smallest absolute Gasteiger partial charge is 0.222 e. The second-order valence-corrected chi connectivity index (χ2v) is 8.57. The van der Waals surface area contributed by atoms with Crippen LogP contribution in [0.4, 0.5) is 0 Å². The summed E-state index contributed by atoms with van der Waals surface area (Å²) in [4.78, 5) is 30.9. The van der Waals surface area contributed by atoms with Gasteiger partial charge < -0.3 is 10.2 Å². The van der Waals surface area contributed by atoms with Gasteiger partial charge in [0.05, 0.1) is 0 Å². The van der Waals surface area contributed by atoms with Crippen molar-refractivity contribution in [3.8, 4) is 0 Å². The van der Waals surface area contributed by atoms with Gasteiger partial charge in [-0.15, -0.1) is 0 Å². The summed E-state index contributed by atoms with van der Waals surface area (Å²) in [5.41, 5.74) is 1.83. The third-order valence-electron chi connectivity index (χ3n) is 6.26. The predicted molar refractivity (Wildman–Crippen MR) is 123 cm³/mol. The Labute approximate surface area is 183 Å². The number of nitrogens with one attached hydrogen (secondary N) is 1. The number of aromatic nitrogens is 1. The first-order valence-electron chi connectivity index (χ1n) is 11.0. The second-order valence-electron chi connectivity index (χ2n) is 8.57. The van der Waals surface area contributed by atoms with Crippen LogP contribution in [0.15, 0.2) is 66.9 Å². The fourth-order valence-corrected chi connectivity index (χ4v) is 4.41. The third-order valence-corrected chi connectivity index (χ3v) is 6.26. The van der Waals surface area contributed by atoms with E-state index in [0.717, 1.165) is 25.0 Å². The SMILES string of the molecule is CN(CCc1ccccn1)C(=O)CCC1(Cc2ccc3ccccc3c2)CCC(=O)N1. The molecule has 1 fully saturated rings. The van der Waals surface area contributed by atoms with Crippen molar-refractivity contribution in [1.29, 1.82) is 0 Å². The van der Waals surface area contributed by atoms with Gasteiger partial charge in [0.25, 0.3) is 0 Å². The van der Waals surface area contributed by atoms with Gasteiger partial charge in [0.15, 0.2) is 0 Å². The van der Waals surface area contributed by atoms with Crippen LogP contribution in [0.1, 0.15) is 36.9 Å². The maximum absolute atomic E-state index is 12.8. The van der Waals surface area contributed by atoms with Gasteiger partial charge in [-0.2, -0.15) is 0 Å². The van der Waals surface area contributed by atoms with Crippen LogP contribution in [-0.2, 0) is 22.4 Å². The van der Waals surface area contributed by atoms with Crippen LogP contribution in [0, 0.1) is 0 Å². The molecule has 1 atom stereocenters. The van der Waals surface area contributed by atoms with Gasteiger partial charge in [0.2, 0.25) is 11.8 Å². The topological polar surface area (TPSA) is 62.3 Å². The van der Waals surface area contributed by atoms with E-state index in [9.17, 15) is 9.59 Å². The second kappa shape index (κ2) is 9.29. The molecule has 0 saturated carbocycles. The average Bonchev–Trinajstić information content (AvgIpc) is 3.16. The van der Waals surface area contributed by atoms with Gasteiger partial charge in [-0.05, 0) is 47.7 Å². The largest absolute Gasteiger partial charge is 0.350 e. The number of rotatable bonds is 8. The van der Waals surface area contributed by atoms with Crippen LogP contribution < -0.4 is 5.32 Å². The fourth-order valence-electron chi connectivity index (χ4n) is 4.41. The number of likely N-dealkylation sites (N-methyl/N-ethyl adjacent to an activating group) is 1. The van der Waals surface area contributed by atoms with Gasteiger partial charge in [-0.3, -0.25) is 14.6 Å². The van der Waals surface area contributed by atoms with Gasteiger partial charge in [-0.25, -0.2) is 0 Å². The highest BCUT2D eigenvalue weighted by atomic mass is 16.2. The number of carbonyl (C=O) groups is 2. The van der Waals surface area contributed by atoms with Crippen molar-refractivity contribution in [1.82, 2.24) is 15.2 Å². The minimum absolute atomic E-state index is 0.0803. The summed E-state index contributed by atoms with van der Waals surface area (Å²) in [6.45, 7) is 0.639. The molecule has 31 heavy (non-hydrogen) atoms. The Bertz CT molecular complexity index is 1070. The maximum atomic E-state index is 12.8. The monoisotopic (exact) mass is 415 g/mol. The molecule has 5 heteroatoms. The molecule has 0 bridgehead atoms. The molecule has 1 aliphatic rings. The van der Waals surface area contributed by atoms with Crippen molar-refractivity contribution in [2.24, 2.45) is 0 Å². The first kappa shape index (κ1) is 21.0. The molecule has 2 aromatic carbocycles. The quantitative estimate of drug-likeness (QED) is 0.607. The molecule has 0 radical (unpaired) electrons. The molecular weight excluding hydrogens is 386 g/mol. The standard InChI is InChI=1S/C26H29N3O2/c1-29(17-13-23-8-4-5-16-27-23)25(31)12-15-26(14-11-24(30)28-26)19-20-9-10-21-6-2-3-7-22(21)18-20/h2-10,16,18H,11-15,17,19H2,1H3,(H,28,30). The van der Waals surface area contributed by atoms with E-state index in [-0.39, 0.29) is 17.4 Å². The molecule has 0 spiro atoms. The first-order chi connectivity index (χ1) is 15.0.